The van der Waals surface area contributed by atoms with Gasteiger partial charge in [-0.1, -0.05) is 58.0 Å². The molecule has 0 saturated heterocycles. The third kappa shape index (κ3) is 14.5. The standard InChI is InChI=1S/C40H52N4O4S2/c1-41-25-19-35(20-26-41)9-7-33-11-15-37(16-12-33)43(3)23-5-29-47-39(45)31-49-50-32-40(46)48-30-6-24-44(4)38-17-13-34(14-18-38)8-10-36-21-27-42(2)28-22-36/h7-11,13,15,17,19-22,25-28H,5-6,12,14,16,18,23-24,29-32H2,1-4H3/q+2. The van der Waals surface area contributed by atoms with Crippen LogP contribution in [0.4, 0.5) is 0 Å². The van der Waals surface area contributed by atoms with Crippen molar-refractivity contribution in [2.75, 3.05) is 51.9 Å². The molecule has 0 atom stereocenters. The molecule has 266 valence electrons. The summed E-state index contributed by atoms with van der Waals surface area (Å²) in [6.07, 6.45) is 31.2. The van der Waals surface area contributed by atoms with Gasteiger partial charge in [0.15, 0.2) is 24.8 Å². The molecule has 8 nitrogen and oxygen atoms in total. The summed E-state index contributed by atoms with van der Waals surface area (Å²) >= 11 is 0. The molecule has 2 heterocycles. The second-order valence-corrected chi connectivity index (χ2v) is 15.0. The smallest absolute Gasteiger partial charge is 0.316 e. The fraction of sp³-hybridized carbons (Fsp3) is 0.400. The van der Waals surface area contributed by atoms with Crippen molar-refractivity contribution >= 4 is 45.7 Å². The summed E-state index contributed by atoms with van der Waals surface area (Å²) in [5, 5.41) is 0. The van der Waals surface area contributed by atoms with Gasteiger partial charge in [0.05, 0.1) is 13.2 Å². The Kier molecular flexibility index (Phi) is 16.5. The van der Waals surface area contributed by atoms with E-state index in [0.29, 0.717) is 13.2 Å². The minimum atomic E-state index is -0.259. The largest absolute Gasteiger partial charge is 0.465 e. The molecule has 0 spiro atoms. The van der Waals surface area contributed by atoms with Gasteiger partial charge < -0.3 is 19.3 Å². The van der Waals surface area contributed by atoms with Gasteiger partial charge in [0.1, 0.15) is 25.6 Å². The van der Waals surface area contributed by atoms with E-state index in [2.05, 4.69) is 96.8 Å². The van der Waals surface area contributed by atoms with E-state index in [9.17, 15) is 9.59 Å². The van der Waals surface area contributed by atoms with Crippen LogP contribution >= 0.6 is 21.6 Å². The number of carbonyl (C=O) groups is 2. The van der Waals surface area contributed by atoms with Crippen LogP contribution in [0.3, 0.4) is 0 Å². The first-order valence-corrected chi connectivity index (χ1v) is 19.8. The number of ether oxygens (including phenoxy) is 2. The number of pyridine rings is 2. The van der Waals surface area contributed by atoms with Crippen molar-refractivity contribution in [3.8, 4) is 0 Å². The minimum absolute atomic E-state index is 0.207. The van der Waals surface area contributed by atoms with Crippen molar-refractivity contribution in [1.82, 2.24) is 9.80 Å². The molecule has 4 rings (SSSR count). The summed E-state index contributed by atoms with van der Waals surface area (Å²) < 4.78 is 14.9. The summed E-state index contributed by atoms with van der Waals surface area (Å²) in [7, 11) is 10.9. The van der Waals surface area contributed by atoms with E-state index in [1.165, 1.54) is 55.3 Å². The highest BCUT2D eigenvalue weighted by Crippen LogP contribution is 2.24. The lowest BCUT2D eigenvalue weighted by atomic mass is 10.0. The molecule has 2 aliphatic rings. The van der Waals surface area contributed by atoms with Crippen LogP contribution in [-0.2, 0) is 33.2 Å². The Bertz CT molecular complexity index is 1470. The molecular formula is C40H52N4O4S2+2. The van der Waals surface area contributed by atoms with Crippen molar-refractivity contribution in [2.24, 2.45) is 14.1 Å². The van der Waals surface area contributed by atoms with Crippen molar-refractivity contribution in [1.29, 1.82) is 0 Å². The molecule has 0 bridgehead atoms. The normalized spacial score (nSPS) is 14.6. The van der Waals surface area contributed by atoms with Crippen LogP contribution in [0, 0.1) is 0 Å². The Labute approximate surface area is 306 Å². The van der Waals surface area contributed by atoms with Crippen molar-refractivity contribution in [3.63, 3.8) is 0 Å². The molecule has 0 amide bonds. The number of rotatable bonds is 19. The number of aryl methyl sites for hydroxylation is 2. The summed E-state index contributed by atoms with van der Waals surface area (Å²) in [5.74, 6) is -0.104. The number of hydrogen-bond donors (Lipinski definition) is 0. The zero-order valence-corrected chi connectivity index (χ0v) is 31.6. The average molecular weight is 717 g/mol. The Hall–Kier alpha value is -4.02. The Morgan fingerprint density at radius 1 is 0.640 bits per heavy atom. The molecule has 50 heavy (non-hydrogen) atoms. The van der Waals surface area contributed by atoms with Crippen LogP contribution in [0.2, 0.25) is 0 Å². The topological polar surface area (TPSA) is 66.8 Å². The quantitative estimate of drug-likeness (QED) is 0.0719. The van der Waals surface area contributed by atoms with E-state index in [1.54, 1.807) is 0 Å². The lowest BCUT2D eigenvalue weighted by Gasteiger charge is -2.24. The summed E-state index contributed by atoms with van der Waals surface area (Å²) in [5.41, 5.74) is 7.61. The molecule has 2 aromatic heterocycles. The van der Waals surface area contributed by atoms with Crippen LogP contribution in [0.25, 0.3) is 12.2 Å². The lowest BCUT2D eigenvalue weighted by molar-refractivity contribution is -0.671. The number of carbonyl (C=O) groups excluding carboxylic acids is 2. The van der Waals surface area contributed by atoms with E-state index in [1.807, 2.05) is 48.0 Å². The maximum Gasteiger partial charge on any atom is 0.316 e. The third-order valence-corrected chi connectivity index (χ3v) is 10.6. The maximum absolute atomic E-state index is 12.1. The second kappa shape index (κ2) is 21.3. The fourth-order valence-electron chi connectivity index (χ4n) is 5.38. The molecule has 0 unspecified atom stereocenters. The number of nitrogens with zero attached hydrogens (tertiary/aromatic N) is 4. The molecule has 2 aliphatic carbocycles. The van der Waals surface area contributed by atoms with Gasteiger partial charge in [0.25, 0.3) is 0 Å². The predicted octanol–water partition coefficient (Wildman–Crippen LogP) is 6.38. The van der Waals surface area contributed by atoms with Gasteiger partial charge in [-0.25, -0.2) is 9.13 Å². The van der Waals surface area contributed by atoms with E-state index < -0.39 is 0 Å². The third-order valence-electron chi connectivity index (χ3n) is 8.53. The molecule has 0 aliphatic heterocycles. The van der Waals surface area contributed by atoms with Gasteiger partial charge in [0.2, 0.25) is 0 Å². The highest BCUT2D eigenvalue weighted by atomic mass is 33.1. The minimum Gasteiger partial charge on any atom is -0.465 e. The van der Waals surface area contributed by atoms with Gasteiger partial charge in [-0.15, -0.1) is 0 Å². The average Bonchev–Trinajstić information content (AvgIpc) is 3.13. The fourth-order valence-corrected chi connectivity index (χ4v) is 6.98. The van der Waals surface area contributed by atoms with Crippen molar-refractivity contribution < 1.29 is 28.2 Å². The van der Waals surface area contributed by atoms with Gasteiger partial charge in [-0.2, -0.15) is 0 Å². The lowest BCUT2D eigenvalue weighted by Crippen LogP contribution is -2.25. The second-order valence-electron chi connectivity index (χ2n) is 12.6. The highest BCUT2D eigenvalue weighted by Gasteiger charge is 2.12. The first kappa shape index (κ1) is 38.8. The summed E-state index contributed by atoms with van der Waals surface area (Å²) in [4.78, 5) is 28.8. The van der Waals surface area contributed by atoms with Gasteiger partial charge >= 0.3 is 11.9 Å². The molecule has 0 saturated carbocycles. The van der Waals surface area contributed by atoms with Gasteiger partial charge in [-0.3, -0.25) is 9.59 Å². The van der Waals surface area contributed by atoms with E-state index in [-0.39, 0.29) is 23.4 Å². The molecule has 0 N–H and O–H groups in total. The SMILES string of the molecule is CN(CCCOC(=O)CSSCC(=O)OCCCN(C)C1=CC=C(/C=C/c2cc[n+](C)cc2)CC1)C1=CC=C(/C=C/c2cc[n+](C)cc2)CC1. The van der Waals surface area contributed by atoms with E-state index in [4.69, 9.17) is 9.47 Å². The van der Waals surface area contributed by atoms with Gasteiger partial charge in [-0.05, 0) is 73.0 Å². The number of hydrogen-bond acceptors (Lipinski definition) is 8. The molecule has 0 fully saturated rings. The Morgan fingerprint density at radius 2 is 1.04 bits per heavy atom. The van der Waals surface area contributed by atoms with Crippen LogP contribution in [-0.4, -0.2) is 73.6 Å². The van der Waals surface area contributed by atoms with E-state index >= 15 is 0 Å². The monoisotopic (exact) mass is 716 g/mol. The number of aromatic nitrogens is 2. The molecule has 2 aromatic rings. The summed E-state index contributed by atoms with van der Waals surface area (Å²) in [6.45, 7) is 2.42. The Morgan fingerprint density at radius 3 is 1.40 bits per heavy atom. The molecular weight excluding hydrogens is 665 g/mol. The number of esters is 2. The summed E-state index contributed by atoms with van der Waals surface area (Å²) in [6, 6.07) is 8.42. The first-order valence-electron chi connectivity index (χ1n) is 17.3. The van der Waals surface area contributed by atoms with Crippen LogP contribution in [0.1, 0.15) is 49.7 Å². The zero-order valence-electron chi connectivity index (χ0n) is 30.0. The molecule has 0 radical (unpaired) electrons. The zero-order chi connectivity index (χ0) is 35.6. The van der Waals surface area contributed by atoms with Crippen LogP contribution in [0.15, 0.2) is 108 Å². The van der Waals surface area contributed by atoms with Gasteiger partial charge in [0, 0.05) is 62.8 Å². The molecule has 10 heteroatoms. The first-order chi connectivity index (χ1) is 24.2. The maximum atomic E-state index is 12.1. The number of allylic oxidation sites excluding steroid dienone is 10. The Balaban J connectivity index is 0.992. The van der Waals surface area contributed by atoms with Crippen LogP contribution in [0.5, 0.6) is 0 Å². The van der Waals surface area contributed by atoms with E-state index in [0.717, 1.165) is 51.6 Å². The molecule has 0 aromatic carbocycles. The van der Waals surface area contributed by atoms with Crippen LogP contribution < -0.4 is 9.13 Å². The van der Waals surface area contributed by atoms with Crippen molar-refractivity contribution in [2.45, 2.75) is 38.5 Å². The van der Waals surface area contributed by atoms with Crippen molar-refractivity contribution in [3.05, 3.63) is 119 Å². The predicted molar refractivity (Wildman–Crippen MR) is 205 cm³/mol. The highest BCUT2D eigenvalue weighted by molar-refractivity contribution is 8.77.